The van der Waals surface area contributed by atoms with Crippen LogP contribution in [0.4, 0.5) is 0 Å². The van der Waals surface area contributed by atoms with E-state index in [0.717, 1.165) is 38.0 Å². The fourth-order valence-electron chi connectivity index (χ4n) is 2.46. The molecule has 1 fully saturated rings. The Morgan fingerprint density at radius 3 is 2.26 bits per heavy atom. The molecular weight excluding hydrogens is 244 g/mol. The quantitative estimate of drug-likeness (QED) is 0.889. The van der Waals surface area contributed by atoms with E-state index in [9.17, 15) is 5.11 Å². The molecule has 0 aromatic heterocycles. The van der Waals surface area contributed by atoms with Crippen LogP contribution in [0.25, 0.3) is 0 Å². The Kier molecular flexibility index (Phi) is 5.05. The van der Waals surface area contributed by atoms with E-state index < -0.39 is 6.10 Å². The summed E-state index contributed by atoms with van der Waals surface area (Å²) in [7, 11) is 3.23. The van der Waals surface area contributed by atoms with Gasteiger partial charge in [-0.2, -0.15) is 0 Å². The van der Waals surface area contributed by atoms with Gasteiger partial charge < -0.3 is 19.3 Å². The second-order valence-corrected chi connectivity index (χ2v) is 4.95. The van der Waals surface area contributed by atoms with Crippen LogP contribution < -0.4 is 9.47 Å². The van der Waals surface area contributed by atoms with Gasteiger partial charge in [-0.1, -0.05) is 0 Å². The van der Waals surface area contributed by atoms with E-state index in [1.807, 2.05) is 18.2 Å². The molecule has 1 unspecified atom stereocenters. The van der Waals surface area contributed by atoms with Crippen molar-refractivity contribution in [2.75, 3.05) is 27.4 Å². The monoisotopic (exact) mass is 266 g/mol. The Morgan fingerprint density at radius 1 is 1.16 bits per heavy atom. The summed E-state index contributed by atoms with van der Waals surface area (Å²) in [6.07, 6.45) is 2.34. The molecule has 0 bridgehead atoms. The Labute approximate surface area is 114 Å². The van der Waals surface area contributed by atoms with Crippen molar-refractivity contribution >= 4 is 0 Å². The third-order valence-corrected chi connectivity index (χ3v) is 3.66. The van der Waals surface area contributed by atoms with E-state index >= 15 is 0 Å². The molecule has 2 rings (SSSR count). The predicted molar refractivity (Wildman–Crippen MR) is 72.7 cm³/mol. The summed E-state index contributed by atoms with van der Waals surface area (Å²) in [5, 5.41) is 10.4. The molecule has 4 heteroatoms. The molecule has 4 nitrogen and oxygen atoms in total. The van der Waals surface area contributed by atoms with Gasteiger partial charge in [0.2, 0.25) is 0 Å². The number of aliphatic hydroxyl groups is 1. The highest BCUT2D eigenvalue weighted by Gasteiger charge is 2.19. The lowest BCUT2D eigenvalue weighted by Gasteiger charge is -2.24. The zero-order valence-electron chi connectivity index (χ0n) is 11.6. The number of methoxy groups -OCH3 is 2. The van der Waals surface area contributed by atoms with Gasteiger partial charge in [-0.15, -0.1) is 0 Å². The average Bonchev–Trinajstić information content (AvgIpc) is 2.47. The Balaban J connectivity index is 2.06. The summed E-state index contributed by atoms with van der Waals surface area (Å²) < 4.78 is 15.8. The molecule has 1 atom stereocenters. The van der Waals surface area contributed by atoms with E-state index in [4.69, 9.17) is 14.2 Å². The maximum absolute atomic E-state index is 10.4. The lowest BCUT2D eigenvalue weighted by atomic mass is 9.91. The summed E-state index contributed by atoms with van der Waals surface area (Å²) in [6.45, 7) is 1.61. The van der Waals surface area contributed by atoms with Gasteiger partial charge in [0, 0.05) is 19.3 Å². The van der Waals surface area contributed by atoms with Crippen LogP contribution in [-0.2, 0) is 4.74 Å². The van der Waals surface area contributed by atoms with Crippen LogP contribution in [0.15, 0.2) is 18.2 Å². The van der Waals surface area contributed by atoms with Gasteiger partial charge in [0.25, 0.3) is 0 Å². The van der Waals surface area contributed by atoms with Gasteiger partial charge in [-0.05, 0) is 42.9 Å². The maximum Gasteiger partial charge on any atom is 0.122 e. The van der Waals surface area contributed by atoms with Crippen LogP contribution in [-0.4, -0.2) is 32.5 Å². The van der Waals surface area contributed by atoms with E-state index in [-0.39, 0.29) is 0 Å². The van der Waals surface area contributed by atoms with Gasteiger partial charge in [0.15, 0.2) is 0 Å². The smallest absolute Gasteiger partial charge is 0.122 e. The number of hydrogen-bond donors (Lipinski definition) is 1. The minimum Gasteiger partial charge on any atom is -0.497 e. The standard InChI is InChI=1S/C15H22O4/c1-17-13-8-12(9-14(10-13)18-2)15(16)7-11-3-5-19-6-4-11/h8-11,15-16H,3-7H2,1-2H3. The number of benzene rings is 1. The lowest BCUT2D eigenvalue weighted by Crippen LogP contribution is -2.18. The summed E-state index contributed by atoms with van der Waals surface area (Å²) in [5.41, 5.74) is 0.850. The number of aliphatic hydroxyl groups excluding tert-OH is 1. The highest BCUT2D eigenvalue weighted by Crippen LogP contribution is 2.31. The zero-order chi connectivity index (χ0) is 13.7. The van der Waals surface area contributed by atoms with Gasteiger partial charge in [-0.25, -0.2) is 0 Å². The molecule has 1 saturated heterocycles. The molecule has 19 heavy (non-hydrogen) atoms. The Morgan fingerprint density at radius 2 is 1.74 bits per heavy atom. The van der Waals surface area contributed by atoms with Crippen LogP contribution in [0.2, 0.25) is 0 Å². The Bertz CT molecular complexity index is 377. The highest BCUT2D eigenvalue weighted by molar-refractivity contribution is 5.39. The second-order valence-electron chi connectivity index (χ2n) is 4.95. The van der Waals surface area contributed by atoms with Crippen LogP contribution >= 0.6 is 0 Å². The van der Waals surface area contributed by atoms with Gasteiger partial charge in [-0.3, -0.25) is 0 Å². The molecule has 1 aliphatic heterocycles. The molecular formula is C15H22O4. The molecule has 1 aromatic rings. The van der Waals surface area contributed by atoms with Crippen LogP contribution in [0, 0.1) is 5.92 Å². The van der Waals surface area contributed by atoms with Crippen molar-refractivity contribution in [2.24, 2.45) is 5.92 Å². The van der Waals surface area contributed by atoms with Gasteiger partial charge >= 0.3 is 0 Å². The largest absolute Gasteiger partial charge is 0.497 e. The van der Waals surface area contributed by atoms with Crippen LogP contribution in [0.1, 0.15) is 30.9 Å². The second kappa shape index (κ2) is 6.78. The first-order valence-corrected chi connectivity index (χ1v) is 6.71. The third kappa shape index (κ3) is 3.85. The summed E-state index contributed by atoms with van der Waals surface area (Å²) in [4.78, 5) is 0. The van der Waals surface area contributed by atoms with E-state index in [2.05, 4.69) is 0 Å². The summed E-state index contributed by atoms with van der Waals surface area (Å²) in [6, 6.07) is 5.55. The normalized spacial score (nSPS) is 18.1. The van der Waals surface area contributed by atoms with Crippen LogP contribution in [0.3, 0.4) is 0 Å². The van der Waals surface area contributed by atoms with Crippen molar-refractivity contribution in [1.29, 1.82) is 0 Å². The first-order valence-electron chi connectivity index (χ1n) is 6.71. The van der Waals surface area contributed by atoms with Crippen molar-refractivity contribution in [3.05, 3.63) is 23.8 Å². The molecule has 0 amide bonds. The Hall–Kier alpha value is -1.26. The average molecular weight is 266 g/mol. The molecule has 1 N–H and O–H groups in total. The molecule has 1 heterocycles. The fraction of sp³-hybridized carbons (Fsp3) is 0.600. The van der Waals surface area contributed by atoms with Crippen molar-refractivity contribution in [3.63, 3.8) is 0 Å². The molecule has 0 radical (unpaired) electrons. The van der Waals surface area contributed by atoms with E-state index in [0.29, 0.717) is 17.4 Å². The van der Waals surface area contributed by atoms with E-state index in [1.165, 1.54) is 0 Å². The lowest BCUT2D eigenvalue weighted by molar-refractivity contribution is 0.0434. The zero-order valence-corrected chi connectivity index (χ0v) is 11.6. The van der Waals surface area contributed by atoms with Crippen LogP contribution in [0.5, 0.6) is 11.5 Å². The van der Waals surface area contributed by atoms with Crippen molar-refractivity contribution in [3.8, 4) is 11.5 Å². The topological polar surface area (TPSA) is 47.9 Å². The molecule has 106 valence electrons. The minimum absolute atomic E-state index is 0.480. The molecule has 0 saturated carbocycles. The number of rotatable bonds is 5. The first-order chi connectivity index (χ1) is 9.22. The third-order valence-electron chi connectivity index (χ3n) is 3.66. The maximum atomic E-state index is 10.4. The highest BCUT2D eigenvalue weighted by atomic mass is 16.5. The number of hydrogen-bond acceptors (Lipinski definition) is 4. The fourth-order valence-corrected chi connectivity index (χ4v) is 2.46. The first kappa shape index (κ1) is 14.2. The minimum atomic E-state index is -0.480. The van der Waals surface area contributed by atoms with Gasteiger partial charge in [0.05, 0.1) is 20.3 Å². The molecule has 0 spiro atoms. The molecule has 1 aromatic carbocycles. The summed E-state index contributed by atoms with van der Waals surface area (Å²) in [5.74, 6) is 1.95. The predicted octanol–water partition coefficient (Wildman–Crippen LogP) is 2.55. The van der Waals surface area contributed by atoms with Crippen molar-refractivity contribution in [2.45, 2.75) is 25.4 Å². The SMILES string of the molecule is COc1cc(OC)cc(C(O)CC2CCOCC2)c1. The number of ether oxygens (including phenoxy) is 3. The van der Waals surface area contributed by atoms with Crippen molar-refractivity contribution < 1.29 is 19.3 Å². The summed E-state index contributed by atoms with van der Waals surface area (Å²) >= 11 is 0. The van der Waals surface area contributed by atoms with Gasteiger partial charge in [0.1, 0.15) is 11.5 Å². The molecule has 0 aliphatic carbocycles. The molecule has 1 aliphatic rings. The van der Waals surface area contributed by atoms with Crippen molar-refractivity contribution in [1.82, 2.24) is 0 Å². The van der Waals surface area contributed by atoms with E-state index in [1.54, 1.807) is 14.2 Å².